The smallest absolute Gasteiger partial charge is 0.213 e. The molecule has 190 valence electrons. The highest BCUT2D eigenvalue weighted by atomic mass is 32.1. The maximum absolute atomic E-state index is 13.6. The first-order chi connectivity index (χ1) is 18.6. The van der Waals surface area contributed by atoms with Crippen LogP contribution in [-0.4, -0.2) is 49.7 Å². The van der Waals surface area contributed by atoms with E-state index in [1.807, 2.05) is 77.3 Å². The van der Waals surface area contributed by atoms with Crippen molar-refractivity contribution in [3.8, 4) is 11.3 Å². The number of fused-ring (bicyclic) bond motifs is 5. The predicted octanol–water partition coefficient (Wildman–Crippen LogP) is 5.59. The Morgan fingerprint density at radius 3 is 2.61 bits per heavy atom. The number of rotatable bonds is 5. The van der Waals surface area contributed by atoms with Crippen LogP contribution in [-0.2, 0) is 6.54 Å². The number of para-hydroxylation sites is 1. The maximum Gasteiger partial charge on any atom is 0.213 e. The van der Waals surface area contributed by atoms with Gasteiger partial charge in [0, 0.05) is 18.3 Å². The molecule has 0 saturated heterocycles. The third-order valence-corrected chi connectivity index (χ3v) is 8.06. The number of halogens is 1. The summed E-state index contributed by atoms with van der Waals surface area (Å²) >= 11 is 5.99. The summed E-state index contributed by atoms with van der Waals surface area (Å²) in [6, 6.07) is 23.5. The summed E-state index contributed by atoms with van der Waals surface area (Å²) in [6.45, 7) is 0.541. The first kappa shape index (κ1) is 23.0. The van der Waals surface area contributed by atoms with Crippen molar-refractivity contribution in [1.82, 2.24) is 19.7 Å². The van der Waals surface area contributed by atoms with Crippen molar-refractivity contribution in [3.05, 3.63) is 89.9 Å². The molecular weight excluding hydrogens is 497 g/mol. The molecule has 0 amide bonds. The van der Waals surface area contributed by atoms with Gasteiger partial charge in [0.25, 0.3) is 0 Å². The van der Waals surface area contributed by atoms with Crippen molar-refractivity contribution in [2.45, 2.75) is 37.9 Å². The number of aliphatic imine (C=N–C) groups is 1. The molecule has 4 aromatic rings. The zero-order chi connectivity index (χ0) is 25.8. The van der Waals surface area contributed by atoms with Crippen molar-refractivity contribution in [3.63, 3.8) is 0 Å². The van der Waals surface area contributed by atoms with Gasteiger partial charge in [-0.15, -0.1) is 0 Å². The summed E-state index contributed by atoms with van der Waals surface area (Å²) in [7, 11) is 2.00. The van der Waals surface area contributed by atoms with Crippen LogP contribution in [0.15, 0.2) is 77.8 Å². The van der Waals surface area contributed by atoms with Crippen LogP contribution in [0.4, 0.5) is 21.7 Å². The molecule has 0 radical (unpaired) electrons. The van der Waals surface area contributed by atoms with Crippen molar-refractivity contribution in [1.29, 1.82) is 0 Å². The lowest BCUT2D eigenvalue weighted by atomic mass is 10.1. The second-order valence-corrected chi connectivity index (χ2v) is 10.4. The van der Waals surface area contributed by atoms with Gasteiger partial charge in [0.05, 0.1) is 29.9 Å². The Morgan fingerprint density at radius 1 is 1.00 bits per heavy atom. The van der Waals surface area contributed by atoms with Gasteiger partial charge in [-0.25, -0.2) is 14.7 Å². The normalized spacial score (nSPS) is 19.7. The van der Waals surface area contributed by atoms with Crippen molar-refractivity contribution < 1.29 is 4.39 Å². The number of pyridine rings is 1. The maximum atomic E-state index is 13.6. The first-order valence-electron chi connectivity index (χ1n) is 12.9. The van der Waals surface area contributed by atoms with Crippen molar-refractivity contribution >= 4 is 40.5 Å². The fraction of sp³-hybridized carbons (Fsp3) is 0.241. The molecule has 2 atom stereocenters. The van der Waals surface area contributed by atoms with Gasteiger partial charge in [0.15, 0.2) is 5.82 Å². The Bertz CT molecular complexity index is 1560. The van der Waals surface area contributed by atoms with E-state index in [1.54, 1.807) is 6.07 Å². The fourth-order valence-electron chi connectivity index (χ4n) is 5.73. The van der Waals surface area contributed by atoms with Crippen LogP contribution >= 0.6 is 12.2 Å². The monoisotopic (exact) mass is 523 g/mol. The van der Waals surface area contributed by atoms with E-state index < -0.39 is 5.95 Å². The van der Waals surface area contributed by atoms with Gasteiger partial charge in [0.1, 0.15) is 10.8 Å². The molecule has 7 nitrogen and oxygen atoms in total. The summed E-state index contributed by atoms with van der Waals surface area (Å²) < 4.78 is 15.6. The molecule has 2 aliphatic heterocycles. The molecule has 38 heavy (non-hydrogen) atoms. The number of benzene rings is 2. The van der Waals surface area contributed by atoms with Gasteiger partial charge in [-0.2, -0.15) is 9.49 Å². The van der Waals surface area contributed by atoms with Gasteiger partial charge in [0.2, 0.25) is 11.9 Å². The van der Waals surface area contributed by atoms with E-state index in [-0.39, 0.29) is 0 Å². The molecule has 2 unspecified atom stereocenters. The highest BCUT2D eigenvalue weighted by Crippen LogP contribution is 2.43. The number of nitrogens with zero attached hydrogens (tertiary/aromatic N) is 6. The number of nitrogens with one attached hydrogen (secondary N) is 1. The number of thiocarbonyl (C=S) groups is 1. The molecule has 3 aliphatic rings. The lowest BCUT2D eigenvalue weighted by molar-refractivity contribution is 0.585. The number of guanidine groups is 1. The highest BCUT2D eigenvalue weighted by molar-refractivity contribution is 7.80. The second kappa shape index (κ2) is 9.02. The molecule has 7 rings (SSSR count). The molecule has 0 bridgehead atoms. The summed E-state index contributed by atoms with van der Waals surface area (Å²) in [6.07, 6.45) is 3.37. The highest BCUT2D eigenvalue weighted by Gasteiger charge is 2.48. The van der Waals surface area contributed by atoms with Crippen molar-refractivity contribution in [2.24, 2.45) is 4.99 Å². The summed E-state index contributed by atoms with van der Waals surface area (Å²) in [4.78, 5) is 14.1. The number of hydrogen-bond donors (Lipinski definition) is 1. The zero-order valence-electron chi connectivity index (χ0n) is 20.9. The Kier molecular flexibility index (Phi) is 5.47. The number of aromatic nitrogens is 3. The molecule has 0 spiro atoms. The molecule has 4 heterocycles. The minimum atomic E-state index is -0.486. The molecule has 1 saturated carbocycles. The third kappa shape index (κ3) is 3.77. The molecule has 2 aromatic heterocycles. The predicted molar refractivity (Wildman–Crippen MR) is 151 cm³/mol. The lowest BCUT2D eigenvalue weighted by Crippen LogP contribution is -2.51. The average Bonchev–Trinajstić information content (AvgIpc) is 3.62. The summed E-state index contributed by atoms with van der Waals surface area (Å²) in [5.74, 6) is 2.15. The SMILES string of the molecule is CN1C(=S)c2c(nn(Cc3ccc(-c4cccc(F)n4)cc3)c2Nc2ccccc2)N2C1=NC1CCCC12. The third-order valence-electron chi connectivity index (χ3n) is 7.59. The Balaban J connectivity index is 1.29. The van der Waals surface area contributed by atoms with E-state index in [1.165, 1.54) is 12.5 Å². The molecule has 9 heteroatoms. The van der Waals surface area contributed by atoms with E-state index in [0.717, 1.165) is 52.8 Å². The minimum Gasteiger partial charge on any atom is -0.340 e. The van der Waals surface area contributed by atoms with Crippen LogP contribution in [0.2, 0.25) is 0 Å². The first-order valence-corrected chi connectivity index (χ1v) is 13.3. The molecule has 1 aliphatic carbocycles. The van der Waals surface area contributed by atoms with Crippen molar-refractivity contribution in [2.75, 3.05) is 17.3 Å². The largest absolute Gasteiger partial charge is 0.340 e. The minimum absolute atomic E-state index is 0.292. The molecule has 1 fully saturated rings. The average molecular weight is 524 g/mol. The van der Waals surface area contributed by atoms with E-state index in [0.29, 0.717) is 29.3 Å². The zero-order valence-corrected chi connectivity index (χ0v) is 21.7. The van der Waals surface area contributed by atoms with Gasteiger partial charge >= 0.3 is 0 Å². The van der Waals surface area contributed by atoms with E-state index in [9.17, 15) is 4.39 Å². The summed E-state index contributed by atoms with van der Waals surface area (Å²) in [5, 5.41) is 8.75. The van der Waals surface area contributed by atoms with Gasteiger partial charge in [-0.3, -0.25) is 4.90 Å². The lowest BCUT2D eigenvalue weighted by Gasteiger charge is -2.35. The fourth-order valence-corrected chi connectivity index (χ4v) is 6.00. The van der Waals surface area contributed by atoms with Crippen LogP contribution in [0, 0.1) is 5.95 Å². The molecule has 2 aromatic carbocycles. The van der Waals surface area contributed by atoms with Gasteiger partial charge in [-0.05, 0) is 49.1 Å². The van der Waals surface area contributed by atoms with Crippen LogP contribution in [0.5, 0.6) is 0 Å². The van der Waals surface area contributed by atoms with E-state index >= 15 is 0 Å². The Morgan fingerprint density at radius 2 is 1.82 bits per heavy atom. The topological polar surface area (TPSA) is 61.6 Å². The summed E-state index contributed by atoms with van der Waals surface area (Å²) in [5.41, 5.74) is 4.43. The quantitative estimate of drug-likeness (QED) is 0.272. The van der Waals surface area contributed by atoms with E-state index in [2.05, 4.69) is 15.2 Å². The van der Waals surface area contributed by atoms with Crippen LogP contribution in [0.3, 0.4) is 0 Å². The van der Waals surface area contributed by atoms with Crippen LogP contribution in [0.1, 0.15) is 30.4 Å². The number of hydrogen-bond acceptors (Lipinski definition) is 6. The molecule has 1 N–H and O–H groups in total. The van der Waals surface area contributed by atoms with Gasteiger partial charge < -0.3 is 10.2 Å². The van der Waals surface area contributed by atoms with Crippen LogP contribution < -0.4 is 10.2 Å². The Labute approximate surface area is 225 Å². The van der Waals surface area contributed by atoms with Gasteiger partial charge in [-0.1, -0.05) is 60.7 Å². The number of anilines is 3. The second-order valence-electron chi connectivity index (χ2n) is 9.97. The molecular formula is C29H26FN7S. The van der Waals surface area contributed by atoms with E-state index in [4.69, 9.17) is 22.3 Å². The Hall–Kier alpha value is -4.11. The van der Waals surface area contributed by atoms with Crippen LogP contribution in [0.25, 0.3) is 11.3 Å². The standard InChI is InChI=1S/C29H26FN7S/c1-35-28(38)25-26(31-20-7-3-2-4-8-20)36(34-27(25)37-23-11-5-10-22(23)33-29(35)37)17-18-13-15-19(16-14-18)21-9-6-12-24(30)32-21/h2-4,6-9,12-16,22-23,31H,5,10-11,17H2,1H3.